The summed E-state index contributed by atoms with van der Waals surface area (Å²) >= 11 is 0. The van der Waals surface area contributed by atoms with Crippen molar-refractivity contribution in [3.63, 3.8) is 0 Å². The Hall–Kier alpha value is -1.71. The molecule has 1 saturated heterocycles. The van der Waals surface area contributed by atoms with Gasteiger partial charge >= 0.3 is 6.03 Å². The number of nitrogens with zero attached hydrogens (tertiary/aromatic N) is 1. The van der Waals surface area contributed by atoms with Crippen molar-refractivity contribution in [1.82, 2.24) is 10.2 Å². The first-order valence-electron chi connectivity index (χ1n) is 7.33. The van der Waals surface area contributed by atoms with Gasteiger partial charge in [-0.3, -0.25) is 0 Å². The molecule has 110 valence electrons. The number of piperidine rings is 1. The SMILES string of the molecule is Cc1ccc(OCNC(=O)N2C(C)CCCC2C)cc1. The highest BCUT2D eigenvalue weighted by atomic mass is 16.5. The number of amides is 2. The molecule has 1 N–H and O–H groups in total. The Balaban J connectivity index is 1.81. The number of ether oxygens (including phenoxy) is 1. The number of likely N-dealkylation sites (tertiary alicyclic amines) is 1. The summed E-state index contributed by atoms with van der Waals surface area (Å²) in [6.07, 6.45) is 3.36. The van der Waals surface area contributed by atoms with E-state index in [1.807, 2.05) is 36.1 Å². The smallest absolute Gasteiger partial charge is 0.320 e. The molecule has 0 saturated carbocycles. The minimum Gasteiger partial charge on any atom is -0.473 e. The van der Waals surface area contributed by atoms with Crippen molar-refractivity contribution < 1.29 is 9.53 Å². The number of aryl methyl sites for hydroxylation is 1. The lowest BCUT2D eigenvalue weighted by Crippen LogP contribution is -2.52. The van der Waals surface area contributed by atoms with Crippen LogP contribution in [0.4, 0.5) is 4.79 Å². The highest BCUT2D eigenvalue weighted by Gasteiger charge is 2.28. The van der Waals surface area contributed by atoms with Crippen molar-refractivity contribution >= 4 is 6.03 Å². The quantitative estimate of drug-likeness (QED) is 0.861. The zero-order valence-electron chi connectivity index (χ0n) is 12.6. The lowest BCUT2D eigenvalue weighted by molar-refractivity contribution is 0.117. The van der Waals surface area contributed by atoms with Gasteiger partial charge in [-0.1, -0.05) is 17.7 Å². The summed E-state index contributed by atoms with van der Waals surface area (Å²) < 4.78 is 5.53. The number of hydrogen-bond donors (Lipinski definition) is 1. The second-order valence-electron chi connectivity index (χ2n) is 5.62. The van der Waals surface area contributed by atoms with Crippen molar-refractivity contribution in [1.29, 1.82) is 0 Å². The van der Waals surface area contributed by atoms with Crippen LogP contribution in [-0.4, -0.2) is 29.7 Å². The second kappa shape index (κ2) is 6.64. The van der Waals surface area contributed by atoms with E-state index in [1.165, 1.54) is 12.0 Å². The Kier molecular flexibility index (Phi) is 4.88. The molecule has 0 aliphatic carbocycles. The molecule has 0 spiro atoms. The van der Waals surface area contributed by atoms with Crippen LogP contribution >= 0.6 is 0 Å². The van der Waals surface area contributed by atoms with E-state index in [2.05, 4.69) is 19.2 Å². The monoisotopic (exact) mass is 276 g/mol. The summed E-state index contributed by atoms with van der Waals surface area (Å²) in [6.45, 7) is 6.45. The summed E-state index contributed by atoms with van der Waals surface area (Å²) in [5.41, 5.74) is 1.19. The van der Waals surface area contributed by atoms with Crippen molar-refractivity contribution in [3.05, 3.63) is 29.8 Å². The molecular weight excluding hydrogens is 252 g/mol. The summed E-state index contributed by atoms with van der Waals surface area (Å²) in [4.78, 5) is 14.1. The standard InChI is InChI=1S/C16H24N2O2/c1-12-7-9-15(10-8-12)20-11-17-16(19)18-13(2)5-4-6-14(18)3/h7-10,13-14H,4-6,11H2,1-3H3,(H,17,19). The molecule has 1 aliphatic rings. The molecular formula is C16H24N2O2. The molecule has 0 radical (unpaired) electrons. The molecule has 1 heterocycles. The first kappa shape index (κ1) is 14.7. The molecule has 2 amide bonds. The van der Waals surface area contributed by atoms with Gasteiger partial charge in [-0.2, -0.15) is 0 Å². The highest BCUT2D eigenvalue weighted by molar-refractivity contribution is 5.74. The average molecular weight is 276 g/mol. The van der Waals surface area contributed by atoms with E-state index in [-0.39, 0.29) is 12.8 Å². The molecule has 1 fully saturated rings. The van der Waals surface area contributed by atoms with E-state index in [0.717, 1.165) is 18.6 Å². The second-order valence-corrected chi connectivity index (χ2v) is 5.62. The van der Waals surface area contributed by atoms with Gasteiger partial charge in [0.15, 0.2) is 6.73 Å². The first-order chi connectivity index (χ1) is 9.58. The van der Waals surface area contributed by atoms with Crippen LogP contribution in [0.1, 0.15) is 38.7 Å². The molecule has 1 aromatic rings. The minimum absolute atomic E-state index is 0.0307. The number of rotatable bonds is 3. The zero-order chi connectivity index (χ0) is 14.5. The van der Waals surface area contributed by atoms with E-state index < -0.39 is 0 Å². The normalized spacial score (nSPS) is 22.4. The van der Waals surface area contributed by atoms with Crippen LogP contribution in [0, 0.1) is 6.92 Å². The maximum atomic E-state index is 12.2. The summed E-state index contributed by atoms with van der Waals surface area (Å²) in [6, 6.07) is 8.38. The Morgan fingerprint density at radius 1 is 1.25 bits per heavy atom. The summed E-state index contributed by atoms with van der Waals surface area (Å²) in [5, 5.41) is 2.84. The lowest BCUT2D eigenvalue weighted by atomic mass is 9.98. The zero-order valence-corrected chi connectivity index (χ0v) is 12.6. The topological polar surface area (TPSA) is 41.6 Å². The van der Waals surface area contributed by atoms with Gasteiger partial charge in [0.25, 0.3) is 0 Å². The predicted octanol–water partition coefficient (Wildman–Crippen LogP) is 3.30. The maximum absolute atomic E-state index is 12.2. The maximum Gasteiger partial charge on any atom is 0.320 e. The van der Waals surface area contributed by atoms with Gasteiger partial charge in [-0.25, -0.2) is 4.79 Å². The van der Waals surface area contributed by atoms with E-state index >= 15 is 0 Å². The van der Waals surface area contributed by atoms with Crippen molar-refractivity contribution in [3.8, 4) is 5.75 Å². The van der Waals surface area contributed by atoms with E-state index in [9.17, 15) is 4.79 Å². The third kappa shape index (κ3) is 3.65. The van der Waals surface area contributed by atoms with Crippen LogP contribution in [0.3, 0.4) is 0 Å². The van der Waals surface area contributed by atoms with E-state index in [0.29, 0.717) is 12.1 Å². The molecule has 1 aromatic carbocycles. The van der Waals surface area contributed by atoms with Gasteiger partial charge in [0.05, 0.1) is 0 Å². The first-order valence-corrected chi connectivity index (χ1v) is 7.33. The van der Waals surface area contributed by atoms with Gasteiger partial charge in [-0.15, -0.1) is 0 Å². The van der Waals surface area contributed by atoms with E-state index in [4.69, 9.17) is 4.74 Å². The molecule has 4 nitrogen and oxygen atoms in total. The number of hydrogen-bond acceptors (Lipinski definition) is 2. The van der Waals surface area contributed by atoms with Gasteiger partial charge in [0.1, 0.15) is 5.75 Å². The van der Waals surface area contributed by atoms with Crippen LogP contribution in [0.5, 0.6) is 5.75 Å². The van der Waals surface area contributed by atoms with Crippen molar-refractivity contribution in [2.24, 2.45) is 0 Å². The molecule has 1 aliphatic heterocycles. The summed E-state index contributed by atoms with van der Waals surface area (Å²) in [7, 11) is 0. The molecule has 2 unspecified atom stereocenters. The van der Waals surface area contributed by atoms with Gasteiger partial charge in [0, 0.05) is 12.1 Å². The molecule has 2 rings (SSSR count). The Morgan fingerprint density at radius 3 is 2.45 bits per heavy atom. The van der Waals surface area contributed by atoms with Gasteiger partial charge in [-0.05, 0) is 52.2 Å². The fourth-order valence-electron chi connectivity index (χ4n) is 2.73. The van der Waals surface area contributed by atoms with Crippen LogP contribution in [0.15, 0.2) is 24.3 Å². The number of carbonyl (C=O) groups excluding carboxylic acids is 1. The third-order valence-corrected chi connectivity index (χ3v) is 3.91. The van der Waals surface area contributed by atoms with Gasteiger partial charge in [0.2, 0.25) is 0 Å². The van der Waals surface area contributed by atoms with Crippen LogP contribution < -0.4 is 10.1 Å². The van der Waals surface area contributed by atoms with Crippen molar-refractivity contribution in [2.75, 3.05) is 6.73 Å². The Morgan fingerprint density at radius 2 is 1.85 bits per heavy atom. The molecule has 4 heteroatoms. The number of benzene rings is 1. The van der Waals surface area contributed by atoms with E-state index in [1.54, 1.807) is 0 Å². The van der Waals surface area contributed by atoms with Crippen LogP contribution in [-0.2, 0) is 0 Å². The highest BCUT2D eigenvalue weighted by Crippen LogP contribution is 2.22. The average Bonchev–Trinajstić information content (AvgIpc) is 2.41. The molecule has 0 aromatic heterocycles. The van der Waals surface area contributed by atoms with Crippen LogP contribution in [0.2, 0.25) is 0 Å². The molecule has 20 heavy (non-hydrogen) atoms. The Bertz CT molecular complexity index is 434. The lowest BCUT2D eigenvalue weighted by Gasteiger charge is -2.38. The molecule has 2 atom stereocenters. The fourth-order valence-corrected chi connectivity index (χ4v) is 2.73. The predicted molar refractivity (Wildman–Crippen MR) is 79.8 cm³/mol. The minimum atomic E-state index is -0.0307. The fraction of sp³-hybridized carbons (Fsp3) is 0.562. The van der Waals surface area contributed by atoms with Gasteiger partial charge < -0.3 is 15.0 Å². The number of urea groups is 1. The number of nitrogens with one attached hydrogen (secondary N) is 1. The number of carbonyl (C=O) groups is 1. The Labute approximate surface area is 121 Å². The molecule has 0 bridgehead atoms. The van der Waals surface area contributed by atoms with Crippen LogP contribution in [0.25, 0.3) is 0 Å². The van der Waals surface area contributed by atoms with Crippen molar-refractivity contribution in [2.45, 2.75) is 52.1 Å². The largest absolute Gasteiger partial charge is 0.473 e. The third-order valence-electron chi connectivity index (χ3n) is 3.91. The summed E-state index contributed by atoms with van der Waals surface area (Å²) in [5.74, 6) is 0.774.